The summed E-state index contributed by atoms with van der Waals surface area (Å²) < 4.78 is 1.35. The third-order valence-corrected chi connectivity index (χ3v) is 4.09. The average molecular weight is 366 g/mol. The summed E-state index contributed by atoms with van der Waals surface area (Å²) >= 11 is 0. The summed E-state index contributed by atoms with van der Waals surface area (Å²) in [6, 6.07) is 8.31. The molecule has 0 saturated carbocycles. The van der Waals surface area contributed by atoms with Gasteiger partial charge < -0.3 is 10.6 Å². The Balaban J connectivity index is 0.00000225. The molecular weight excluding hydrogens is 346 g/mol. The van der Waals surface area contributed by atoms with E-state index in [2.05, 4.69) is 15.7 Å². The van der Waals surface area contributed by atoms with Crippen molar-refractivity contribution in [2.24, 2.45) is 0 Å². The molecule has 2 N–H and O–H groups in total. The van der Waals surface area contributed by atoms with E-state index in [1.807, 2.05) is 0 Å². The quantitative estimate of drug-likeness (QED) is 0.602. The second-order valence-corrected chi connectivity index (χ2v) is 5.73. The van der Waals surface area contributed by atoms with Crippen LogP contribution in [-0.4, -0.2) is 39.7 Å². The number of amides is 1. The summed E-state index contributed by atoms with van der Waals surface area (Å²) in [5.41, 5.74) is 0.518. The largest absolute Gasteiger partial charge is 0.351 e. The molecular formula is C16H20ClN5O3. The lowest BCUT2D eigenvalue weighted by Crippen LogP contribution is -2.30. The third-order valence-electron chi connectivity index (χ3n) is 4.09. The molecule has 25 heavy (non-hydrogen) atoms. The maximum atomic E-state index is 12.1. The molecule has 1 aromatic heterocycles. The van der Waals surface area contributed by atoms with Crippen LogP contribution in [0.2, 0.25) is 0 Å². The molecule has 3 rings (SSSR count). The van der Waals surface area contributed by atoms with Crippen molar-refractivity contribution in [2.75, 3.05) is 13.1 Å². The number of nitrogens with one attached hydrogen (secondary N) is 2. The molecule has 1 amide bonds. The number of carbonyl (C=O) groups is 1. The summed E-state index contributed by atoms with van der Waals surface area (Å²) in [7, 11) is 0. The van der Waals surface area contributed by atoms with Gasteiger partial charge in [-0.05, 0) is 37.9 Å². The minimum atomic E-state index is -0.467. The molecule has 134 valence electrons. The predicted octanol–water partition coefficient (Wildman–Crippen LogP) is 2.07. The van der Waals surface area contributed by atoms with Gasteiger partial charge in [0.1, 0.15) is 5.69 Å². The van der Waals surface area contributed by atoms with Gasteiger partial charge in [0.15, 0.2) is 5.69 Å². The first-order valence-electron chi connectivity index (χ1n) is 7.96. The van der Waals surface area contributed by atoms with Gasteiger partial charge in [-0.3, -0.25) is 14.9 Å². The van der Waals surface area contributed by atoms with E-state index >= 15 is 0 Å². The van der Waals surface area contributed by atoms with Crippen LogP contribution < -0.4 is 10.6 Å². The molecule has 1 aliphatic heterocycles. The summed E-state index contributed by atoms with van der Waals surface area (Å²) in [5, 5.41) is 21.5. The molecule has 1 aliphatic rings. The van der Waals surface area contributed by atoms with Crippen LogP contribution in [0.1, 0.15) is 29.8 Å². The number of para-hydroxylation sites is 2. The van der Waals surface area contributed by atoms with Crippen molar-refractivity contribution in [3.8, 4) is 5.69 Å². The van der Waals surface area contributed by atoms with E-state index in [-0.39, 0.29) is 29.7 Å². The molecule has 1 aromatic carbocycles. The Labute approximate surface area is 151 Å². The van der Waals surface area contributed by atoms with E-state index in [1.165, 1.54) is 17.2 Å². The van der Waals surface area contributed by atoms with Gasteiger partial charge in [-0.25, -0.2) is 4.68 Å². The lowest BCUT2D eigenvalue weighted by atomic mass is 10.1. The van der Waals surface area contributed by atoms with E-state index in [0.29, 0.717) is 18.3 Å². The monoisotopic (exact) mass is 365 g/mol. The van der Waals surface area contributed by atoms with Gasteiger partial charge in [0.2, 0.25) is 0 Å². The topological polar surface area (TPSA) is 102 Å². The predicted molar refractivity (Wildman–Crippen MR) is 95.4 cm³/mol. The van der Waals surface area contributed by atoms with Crippen LogP contribution in [-0.2, 0) is 0 Å². The van der Waals surface area contributed by atoms with Gasteiger partial charge in [0.05, 0.1) is 4.92 Å². The number of hydrogen-bond acceptors (Lipinski definition) is 5. The van der Waals surface area contributed by atoms with Crippen molar-refractivity contribution in [1.29, 1.82) is 0 Å². The highest BCUT2D eigenvalue weighted by Gasteiger charge is 2.18. The van der Waals surface area contributed by atoms with Crippen molar-refractivity contribution in [3.63, 3.8) is 0 Å². The van der Waals surface area contributed by atoms with E-state index < -0.39 is 4.92 Å². The van der Waals surface area contributed by atoms with Gasteiger partial charge >= 0.3 is 0 Å². The normalized spacial score (nSPS) is 16.2. The van der Waals surface area contributed by atoms with E-state index in [0.717, 1.165) is 19.4 Å². The molecule has 8 nitrogen and oxygen atoms in total. The molecule has 0 radical (unpaired) electrons. The molecule has 1 saturated heterocycles. The van der Waals surface area contributed by atoms with E-state index in [1.54, 1.807) is 30.5 Å². The Hall–Kier alpha value is -2.45. The van der Waals surface area contributed by atoms with Crippen LogP contribution in [0, 0.1) is 10.1 Å². The Kier molecular flexibility index (Phi) is 6.49. The molecule has 2 aromatic rings. The zero-order valence-corrected chi connectivity index (χ0v) is 14.4. The minimum absolute atomic E-state index is 0. The molecule has 9 heteroatoms. The fraction of sp³-hybridized carbons (Fsp3) is 0.375. The number of nitro groups is 1. The summed E-state index contributed by atoms with van der Waals surface area (Å²) in [5.74, 6) is -0.273. The van der Waals surface area contributed by atoms with Crippen molar-refractivity contribution in [2.45, 2.75) is 25.3 Å². The number of nitro benzene ring substituents is 1. The lowest BCUT2D eigenvalue weighted by Gasteiger charge is -2.09. The van der Waals surface area contributed by atoms with Crippen molar-refractivity contribution in [1.82, 2.24) is 20.4 Å². The number of aromatic nitrogens is 2. The first-order valence-corrected chi connectivity index (χ1v) is 7.96. The first kappa shape index (κ1) is 18.9. The second kappa shape index (κ2) is 8.59. The number of rotatable bonds is 6. The van der Waals surface area contributed by atoms with E-state index in [9.17, 15) is 14.9 Å². The Morgan fingerprint density at radius 2 is 2.20 bits per heavy atom. The SMILES string of the molecule is Cl.O=C(NCC[C@H]1CCCN1)c1ccn(-c2ccccc2[N+](=O)[O-])n1. The number of hydrogen-bond donors (Lipinski definition) is 2. The molecule has 0 aliphatic carbocycles. The number of benzene rings is 1. The summed E-state index contributed by atoms with van der Waals surface area (Å²) in [6.45, 7) is 1.62. The smallest absolute Gasteiger partial charge is 0.294 e. The molecule has 2 heterocycles. The maximum Gasteiger partial charge on any atom is 0.294 e. The zero-order chi connectivity index (χ0) is 16.9. The number of carbonyl (C=O) groups excluding carboxylic acids is 1. The molecule has 0 spiro atoms. The highest BCUT2D eigenvalue weighted by Crippen LogP contribution is 2.21. The summed E-state index contributed by atoms with van der Waals surface area (Å²) in [6.07, 6.45) is 4.76. The third kappa shape index (κ3) is 4.55. The van der Waals surface area contributed by atoms with Crippen molar-refractivity contribution in [3.05, 3.63) is 52.3 Å². The Morgan fingerprint density at radius 3 is 2.92 bits per heavy atom. The van der Waals surface area contributed by atoms with Crippen LogP contribution in [0.5, 0.6) is 0 Å². The van der Waals surface area contributed by atoms with Gasteiger partial charge in [0, 0.05) is 24.8 Å². The van der Waals surface area contributed by atoms with Crippen LogP contribution in [0.25, 0.3) is 5.69 Å². The minimum Gasteiger partial charge on any atom is -0.351 e. The standard InChI is InChI=1S/C16H19N5O3.ClH/c22-16(18-10-7-12-4-3-9-17-12)13-8-11-20(19-13)14-5-1-2-6-15(14)21(23)24;/h1-2,5-6,8,11-12,17H,3-4,7,9-10H2,(H,18,22);1H/t12-;/m1./s1. The zero-order valence-electron chi connectivity index (χ0n) is 13.6. The van der Waals surface area contributed by atoms with Gasteiger partial charge in [-0.1, -0.05) is 12.1 Å². The second-order valence-electron chi connectivity index (χ2n) is 5.73. The maximum absolute atomic E-state index is 12.1. The molecule has 0 unspecified atom stereocenters. The Morgan fingerprint density at radius 1 is 1.40 bits per heavy atom. The molecule has 1 fully saturated rings. The highest BCUT2D eigenvalue weighted by molar-refractivity contribution is 5.92. The summed E-state index contributed by atoms with van der Waals surface area (Å²) in [4.78, 5) is 22.8. The van der Waals surface area contributed by atoms with Gasteiger partial charge in [0.25, 0.3) is 11.6 Å². The molecule has 0 bridgehead atoms. The van der Waals surface area contributed by atoms with Gasteiger partial charge in [-0.2, -0.15) is 5.10 Å². The van der Waals surface area contributed by atoms with Crippen molar-refractivity contribution >= 4 is 24.0 Å². The fourth-order valence-corrected chi connectivity index (χ4v) is 2.85. The average Bonchev–Trinajstić information content (AvgIpc) is 3.26. The van der Waals surface area contributed by atoms with Crippen molar-refractivity contribution < 1.29 is 9.72 Å². The molecule has 1 atom stereocenters. The van der Waals surface area contributed by atoms with E-state index in [4.69, 9.17) is 0 Å². The van der Waals surface area contributed by atoms with Gasteiger partial charge in [-0.15, -0.1) is 12.4 Å². The highest BCUT2D eigenvalue weighted by atomic mass is 35.5. The number of nitrogens with zero attached hydrogens (tertiary/aromatic N) is 3. The van der Waals surface area contributed by atoms with Crippen LogP contribution >= 0.6 is 12.4 Å². The van der Waals surface area contributed by atoms with Crippen LogP contribution in [0.4, 0.5) is 5.69 Å². The first-order chi connectivity index (χ1) is 11.6. The number of halogens is 1. The van der Waals surface area contributed by atoms with Crippen LogP contribution in [0.15, 0.2) is 36.5 Å². The lowest BCUT2D eigenvalue weighted by molar-refractivity contribution is -0.384. The fourth-order valence-electron chi connectivity index (χ4n) is 2.85. The van der Waals surface area contributed by atoms with Crippen LogP contribution in [0.3, 0.4) is 0 Å². The Bertz CT molecular complexity index is 743.